The summed E-state index contributed by atoms with van der Waals surface area (Å²) in [4.78, 5) is 18.0. The SMILES string of the molecule is COc1ccc(-c2cn3c(CC(=O)Nc4ccc(Cl)cc4C)csc3n2)cc1.Cl. The molecule has 4 rings (SSSR count). The van der Waals surface area contributed by atoms with Crippen LogP contribution < -0.4 is 10.1 Å². The molecule has 1 amide bonds. The Labute approximate surface area is 183 Å². The van der Waals surface area contributed by atoms with E-state index in [9.17, 15) is 4.79 Å². The Hall–Kier alpha value is -2.54. The lowest BCUT2D eigenvalue weighted by molar-refractivity contribution is -0.115. The van der Waals surface area contributed by atoms with Gasteiger partial charge >= 0.3 is 0 Å². The highest BCUT2D eigenvalue weighted by Crippen LogP contribution is 2.26. The Kier molecular flexibility index (Phi) is 6.47. The number of benzene rings is 2. The molecule has 0 radical (unpaired) electrons. The quantitative estimate of drug-likeness (QED) is 0.430. The molecule has 8 heteroatoms. The number of methoxy groups -OCH3 is 1. The van der Waals surface area contributed by atoms with Crippen molar-refractivity contribution < 1.29 is 9.53 Å². The number of carbonyl (C=O) groups excluding carboxylic acids is 1. The number of amides is 1. The van der Waals surface area contributed by atoms with E-state index in [1.165, 1.54) is 11.3 Å². The minimum atomic E-state index is -0.0789. The number of aryl methyl sites for hydroxylation is 1. The van der Waals surface area contributed by atoms with Gasteiger partial charge in [-0.15, -0.1) is 23.7 Å². The third kappa shape index (κ3) is 4.56. The molecule has 29 heavy (non-hydrogen) atoms. The topological polar surface area (TPSA) is 55.6 Å². The first-order chi connectivity index (χ1) is 13.5. The highest BCUT2D eigenvalue weighted by Gasteiger charge is 2.13. The first kappa shape index (κ1) is 21.2. The number of fused-ring (bicyclic) bond motifs is 1. The molecule has 5 nitrogen and oxygen atoms in total. The summed E-state index contributed by atoms with van der Waals surface area (Å²) in [5.41, 5.74) is 4.47. The molecule has 0 aliphatic rings. The van der Waals surface area contributed by atoms with Crippen LogP contribution >= 0.6 is 35.3 Å². The van der Waals surface area contributed by atoms with Crippen molar-refractivity contribution in [3.05, 3.63) is 70.3 Å². The summed E-state index contributed by atoms with van der Waals surface area (Å²) >= 11 is 7.50. The monoisotopic (exact) mass is 447 g/mol. The van der Waals surface area contributed by atoms with Crippen LogP contribution in [0.2, 0.25) is 5.02 Å². The largest absolute Gasteiger partial charge is 0.497 e. The first-order valence-electron chi connectivity index (χ1n) is 8.69. The molecule has 0 aliphatic heterocycles. The Morgan fingerprint density at radius 2 is 2.00 bits per heavy atom. The molecular weight excluding hydrogens is 429 g/mol. The van der Waals surface area contributed by atoms with E-state index in [-0.39, 0.29) is 24.7 Å². The van der Waals surface area contributed by atoms with E-state index in [2.05, 4.69) is 10.3 Å². The van der Waals surface area contributed by atoms with Crippen molar-refractivity contribution in [2.45, 2.75) is 13.3 Å². The van der Waals surface area contributed by atoms with Crippen LogP contribution in [0.4, 0.5) is 5.69 Å². The van der Waals surface area contributed by atoms with Crippen LogP contribution in [-0.4, -0.2) is 22.4 Å². The van der Waals surface area contributed by atoms with Gasteiger partial charge in [-0.05, 0) is 55.0 Å². The fraction of sp³-hybridized carbons (Fsp3) is 0.143. The second kappa shape index (κ2) is 8.86. The van der Waals surface area contributed by atoms with Gasteiger partial charge in [-0.25, -0.2) is 4.98 Å². The molecule has 1 N–H and O–H groups in total. The van der Waals surface area contributed by atoms with Crippen molar-refractivity contribution in [1.29, 1.82) is 0 Å². The van der Waals surface area contributed by atoms with E-state index >= 15 is 0 Å². The molecule has 2 heterocycles. The maximum absolute atomic E-state index is 12.5. The summed E-state index contributed by atoms with van der Waals surface area (Å²) in [7, 11) is 1.64. The molecule has 0 aliphatic carbocycles. The zero-order chi connectivity index (χ0) is 19.7. The fourth-order valence-corrected chi connectivity index (χ4v) is 4.08. The normalized spacial score (nSPS) is 10.6. The van der Waals surface area contributed by atoms with Gasteiger partial charge in [0.25, 0.3) is 0 Å². The summed E-state index contributed by atoms with van der Waals surface area (Å²) in [6.45, 7) is 1.92. The number of hydrogen-bond acceptors (Lipinski definition) is 4. The number of hydrogen-bond donors (Lipinski definition) is 1. The van der Waals surface area contributed by atoms with Gasteiger partial charge in [0.15, 0.2) is 4.96 Å². The van der Waals surface area contributed by atoms with Gasteiger partial charge in [0, 0.05) is 33.5 Å². The van der Waals surface area contributed by atoms with Crippen LogP contribution in [0.25, 0.3) is 16.2 Å². The molecule has 0 spiro atoms. The number of ether oxygens (including phenoxy) is 1. The van der Waals surface area contributed by atoms with E-state index in [0.29, 0.717) is 5.02 Å². The zero-order valence-corrected chi connectivity index (χ0v) is 18.2. The van der Waals surface area contributed by atoms with Gasteiger partial charge in [-0.3, -0.25) is 9.20 Å². The standard InChI is InChI=1S/C21H18ClN3O2S.ClH/c1-13-9-15(22)5-8-18(13)23-20(26)10-16-12-28-21-24-19(11-25(16)21)14-3-6-17(27-2)7-4-14;/h3-9,11-12H,10H2,1-2H3,(H,23,26);1H. The number of aromatic nitrogens is 2. The van der Waals surface area contributed by atoms with E-state index in [1.807, 2.05) is 59.3 Å². The number of halogens is 2. The van der Waals surface area contributed by atoms with Crippen LogP contribution in [-0.2, 0) is 11.2 Å². The fourth-order valence-electron chi connectivity index (χ4n) is 2.98. The van der Waals surface area contributed by atoms with Crippen LogP contribution in [0.1, 0.15) is 11.3 Å². The molecule has 0 bridgehead atoms. The predicted octanol–water partition coefficient (Wildman–Crippen LogP) is 5.64. The Morgan fingerprint density at radius 1 is 1.24 bits per heavy atom. The highest BCUT2D eigenvalue weighted by atomic mass is 35.5. The number of nitrogens with one attached hydrogen (secondary N) is 1. The van der Waals surface area contributed by atoms with Gasteiger partial charge in [-0.2, -0.15) is 0 Å². The zero-order valence-electron chi connectivity index (χ0n) is 15.8. The van der Waals surface area contributed by atoms with E-state index in [4.69, 9.17) is 16.3 Å². The lowest BCUT2D eigenvalue weighted by atomic mass is 10.1. The first-order valence-corrected chi connectivity index (χ1v) is 9.95. The summed E-state index contributed by atoms with van der Waals surface area (Å²) in [5, 5.41) is 5.57. The molecule has 0 fully saturated rings. The summed E-state index contributed by atoms with van der Waals surface area (Å²) in [6, 6.07) is 13.2. The number of thiazole rings is 1. The molecule has 0 atom stereocenters. The Balaban J connectivity index is 0.00000240. The molecule has 2 aromatic heterocycles. The van der Waals surface area contributed by atoms with Gasteiger partial charge in [-0.1, -0.05) is 11.6 Å². The molecule has 0 saturated carbocycles. The number of rotatable bonds is 5. The number of anilines is 1. The van der Waals surface area contributed by atoms with E-state index in [0.717, 1.165) is 38.9 Å². The molecule has 150 valence electrons. The summed E-state index contributed by atoms with van der Waals surface area (Å²) in [6.07, 6.45) is 2.23. The van der Waals surface area contributed by atoms with Crippen LogP contribution in [0.15, 0.2) is 54.0 Å². The highest BCUT2D eigenvalue weighted by molar-refractivity contribution is 7.15. The lowest BCUT2D eigenvalue weighted by Crippen LogP contribution is -2.16. The van der Waals surface area contributed by atoms with Crippen LogP contribution in [0, 0.1) is 6.92 Å². The average Bonchev–Trinajstić information content (AvgIpc) is 3.26. The Morgan fingerprint density at radius 3 is 2.69 bits per heavy atom. The lowest BCUT2D eigenvalue weighted by Gasteiger charge is -2.08. The van der Waals surface area contributed by atoms with Crippen LogP contribution in [0.3, 0.4) is 0 Å². The summed E-state index contributed by atoms with van der Waals surface area (Å²) in [5.74, 6) is 0.726. The van der Waals surface area contributed by atoms with Gasteiger partial charge in [0.1, 0.15) is 5.75 Å². The average molecular weight is 448 g/mol. The van der Waals surface area contributed by atoms with Crippen molar-refractivity contribution in [2.75, 3.05) is 12.4 Å². The summed E-state index contributed by atoms with van der Waals surface area (Å²) < 4.78 is 7.17. The number of imidazole rings is 1. The van der Waals surface area contributed by atoms with Gasteiger partial charge in [0.2, 0.25) is 5.91 Å². The molecule has 0 unspecified atom stereocenters. The smallest absolute Gasteiger partial charge is 0.230 e. The Bertz CT molecular complexity index is 1150. The minimum absolute atomic E-state index is 0. The second-order valence-corrected chi connectivity index (χ2v) is 7.69. The van der Waals surface area contributed by atoms with Crippen molar-refractivity contribution >= 4 is 51.9 Å². The van der Waals surface area contributed by atoms with E-state index < -0.39 is 0 Å². The third-order valence-electron chi connectivity index (χ3n) is 4.47. The van der Waals surface area contributed by atoms with Gasteiger partial charge < -0.3 is 10.1 Å². The molecular formula is C21H19Cl2N3O2S. The maximum atomic E-state index is 12.5. The van der Waals surface area contributed by atoms with Crippen molar-refractivity contribution in [3.63, 3.8) is 0 Å². The molecule has 2 aromatic carbocycles. The van der Waals surface area contributed by atoms with Crippen molar-refractivity contribution in [3.8, 4) is 17.0 Å². The second-order valence-electron chi connectivity index (χ2n) is 6.42. The van der Waals surface area contributed by atoms with Crippen LogP contribution in [0.5, 0.6) is 5.75 Å². The maximum Gasteiger partial charge on any atom is 0.230 e. The number of carbonyl (C=O) groups is 1. The number of nitrogens with zero attached hydrogens (tertiary/aromatic N) is 2. The molecule has 0 saturated heterocycles. The minimum Gasteiger partial charge on any atom is -0.497 e. The molecule has 4 aromatic rings. The van der Waals surface area contributed by atoms with Crippen molar-refractivity contribution in [1.82, 2.24) is 9.38 Å². The predicted molar refractivity (Wildman–Crippen MR) is 121 cm³/mol. The third-order valence-corrected chi connectivity index (χ3v) is 5.60. The van der Waals surface area contributed by atoms with Crippen molar-refractivity contribution in [2.24, 2.45) is 0 Å². The van der Waals surface area contributed by atoms with Gasteiger partial charge in [0.05, 0.1) is 19.2 Å². The van der Waals surface area contributed by atoms with E-state index in [1.54, 1.807) is 13.2 Å².